The van der Waals surface area contributed by atoms with Crippen LogP contribution in [0.15, 0.2) is 69.7 Å². The molecule has 1 aromatic carbocycles. The van der Waals surface area contributed by atoms with Crippen LogP contribution in [0.2, 0.25) is 0 Å². The molecule has 0 bridgehead atoms. The molecule has 6 heteroatoms. The molecule has 27 heavy (non-hydrogen) atoms. The molecule has 5 N–H and O–H groups in total. The Hall–Kier alpha value is -2.21. The molecule has 2 rings (SSSR count). The van der Waals surface area contributed by atoms with E-state index >= 15 is 0 Å². The van der Waals surface area contributed by atoms with Crippen LogP contribution in [0.1, 0.15) is 37.8 Å². The van der Waals surface area contributed by atoms with Gasteiger partial charge in [-0.05, 0) is 35.6 Å². The van der Waals surface area contributed by atoms with E-state index in [4.69, 9.17) is 23.1 Å². The molecule has 1 atom stereocenters. The van der Waals surface area contributed by atoms with Crippen LogP contribution >= 0.6 is 11.6 Å². The summed E-state index contributed by atoms with van der Waals surface area (Å²) in [5.41, 5.74) is 14.6. The van der Waals surface area contributed by atoms with Gasteiger partial charge in [-0.15, -0.1) is 0 Å². The first kappa shape index (κ1) is 22.8. The molecular weight excluding hydrogens is 365 g/mol. The summed E-state index contributed by atoms with van der Waals surface area (Å²) in [4.78, 5) is 4.36. The Labute approximate surface area is 165 Å². The summed E-state index contributed by atoms with van der Waals surface area (Å²) in [7, 11) is 0. The highest BCUT2D eigenvalue weighted by molar-refractivity contribution is 6.30. The number of halogens is 2. The average molecular weight is 392 g/mol. The first-order valence-corrected chi connectivity index (χ1v) is 9.21. The van der Waals surface area contributed by atoms with Gasteiger partial charge in [0, 0.05) is 12.3 Å². The number of nitrogens with two attached hydrogens (primary N) is 2. The van der Waals surface area contributed by atoms with Crippen molar-refractivity contribution in [1.29, 1.82) is 0 Å². The number of nitrogens with zero attached hydrogens (tertiary/aromatic N) is 1. The minimum Gasteiger partial charge on any atom is -0.398 e. The molecular formula is C21H27ClFN3O. The summed E-state index contributed by atoms with van der Waals surface area (Å²) in [6, 6.07) is 7.04. The first-order valence-electron chi connectivity index (χ1n) is 8.84. The lowest BCUT2D eigenvalue weighted by Gasteiger charge is -2.16. The number of aliphatic hydroxyl groups excluding tert-OH is 1. The SMILES string of the molecule is C=Cc1ccc(C=N/C(C2=CC(F)=C(Cl)CCC2N)=C(/N)CO)cc1.CC. The topological polar surface area (TPSA) is 84.6 Å². The van der Waals surface area contributed by atoms with E-state index in [1.165, 1.54) is 6.08 Å². The predicted molar refractivity (Wildman–Crippen MR) is 113 cm³/mol. The second kappa shape index (κ2) is 11.5. The number of hydrogen-bond donors (Lipinski definition) is 3. The van der Waals surface area contributed by atoms with Gasteiger partial charge in [-0.3, -0.25) is 4.99 Å². The maximum atomic E-state index is 14.1. The minimum atomic E-state index is -0.557. The van der Waals surface area contributed by atoms with Crippen molar-refractivity contribution in [2.45, 2.75) is 32.7 Å². The van der Waals surface area contributed by atoms with Crippen LogP contribution in [-0.2, 0) is 0 Å². The second-order valence-electron chi connectivity index (χ2n) is 5.66. The Morgan fingerprint density at radius 1 is 1.33 bits per heavy atom. The molecule has 1 aliphatic rings. The number of aliphatic hydroxyl groups is 1. The molecule has 1 aliphatic carbocycles. The Morgan fingerprint density at radius 3 is 2.48 bits per heavy atom. The Kier molecular flexibility index (Phi) is 9.72. The number of aliphatic imine (C=N–C) groups is 1. The van der Waals surface area contributed by atoms with Crippen LogP contribution in [0.5, 0.6) is 0 Å². The van der Waals surface area contributed by atoms with Crippen LogP contribution in [0.3, 0.4) is 0 Å². The van der Waals surface area contributed by atoms with Gasteiger partial charge in [0.05, 0.1) is 23.0 Å². The maximum absolute atomic E-state index is 14.1. The quantitative estimate of drug-likeness (QED) is 0.650. The molecule has 0 aliphatic heterocycles. The fourth-order valence-corrected chi connectivity index (χ4v) is 2.56. The van der Waals surface area contributed by atoms with E-state index in [1.54, 1.807) is 12.3 Å². The fraction of sp³-hybridized carbons (Fsp3) is 0.286. The van der Waals surface area contributed by atoms with Crippen molar-refractivity contribution in [3.05, 3.63) is 75.9 Å². The molecule has 0 saturated carbocycles. The zero-order chi connectivity index (χ0) is 20.4. The van der Waals surface area contributed by atoms with Gasteiger partial charge in [0.15, 0.2) is 0 Å². The fourth-order valence-electron chi connectivity index (χ4n) is 2.40. The molecule has 4 nitrogen and oxygen atoms in total. The second-order valence-corrected chi connectivity index (χ2v) is 6.11. The van der Waals surface area contributed by atoms with E-state index < -0.39 is 18.5 Å². The van der Waals surface area contributed by atoms with Crippen molar-refractivity contribution in [3.8, 4) is 0 Å². The van der Waals surface area contributed by atoms with E-state index in [0.29, 0.717) is 18.4 Å². The highest BCUT2D eigenvalue weighted by atomic mass is 35.5. The van der Waals surface area contributed by atoms with E-state index in [2.05, 4.69) is 11.6 Å². The number of benzene rings is 1. The van der Waals surface area contributed by atoms with Crippen LogP contribution in [0.4, 0.5) is 4.39 Å². The van der Waals surface area contributed by atoms with Gasteiger partial charge in [0.25, 0.3) is 0 Å². The summed E-state index contributed by atoms with van der Waals surface area (Å²) >= 11 is 5.88. The van der Waals surface area contributed by atoms with Gasteiger partial charge >= 0.3 is 0 Å². The van der Waals surface area contributed by atoms with Crippen molar-refractivity contribution < 1.29 is 9.50 Å². The van der Waals surface area contributed by atoms with Gasteiger partial charge in [-0.1, -0.05) is 62.4 Å². The van der Waals surface area contributed by atoms with Gasteiger partial charge in [-0.25, -0.2) is 4.39 Å². The molecule has 0 radical (unpaired) electrons. The summed E-state index contributed by atoms with van der Waals surface area (Å²) in [5, 5.41) is 9.53. The molecule has 0 heterocycles. The average Bonchev–Trinajstić information content (AvgIpc) is 2.83. The lowest BCUT2D eigenvalue weighted by atomic mass is 10.00. The number of hydrogen-bond acceptors (Lipinski definition) is 4. The van der Waals surface area contributed by atoms with Gasteiger partial charge in [0.2, 0.25) is 0 Å². The maximum Gasteiger partial charge on any atom is 0.138 e. The molecule has 1 unspecified atom stereocenters. The Bertz CT molecular complexity index is 764. The monoisotopic (exact) mass is 391 g/mol. The summed E-state index contributed by atoms with van der Waals surface area (Å²) in [6.45, 7) is 7.29. The lowest BCUT2D eigenvalue weighted by molar-refractivity contribution is 0.328. The molecule has 0 fully saturated rings. The summed E-state index contributed by atoms with van der Waals surface area (Å²) in [6.07, 6.45) is 5.38. The van der Waals surface area contributed by atoms with Crippen LogP contribution in [-0.4, -0.2) is 24.0 Å². The number of allylic oxidation sites excluding steroid dienone is 3. The van der Waals surface area contributed by atoms with E-state index in [1.807, 2.05) is 38.1 Å². The molecule has 1 aromatic rings. The van der Waals surface area contributed by atoms with E-state index in [-0.39, 0.29) is 16.4 Å². The van der Waals surface area contributed by atoms with Crippen molar-refractivity contribution in [1.82, 2.24) is 0 Å². The minimum absolute atomic E-state index is 0.117. The van der Waals surface area contributed by atoms with E-state index in [0.717, 1.165) is 11.1 Å². The predicted octanol–water partition coefficient (Wildman–Crippen LogP) is 4.40. The standard InChI is InChI=1S/C19H21ClFN3O.C2H6/c1-2-12-3-5-13(6-4-12)10-24-19(18(23)11-25)14-9-16(21)15(20)7-8-17(14)22;1-2/h2-6,9-10,17,25H,1,7-8,11,22-23H2;1-2H3/b19-18+,24-10?;. The van der Waals surface area contributed by atoms with E-state index in [9.17, 15) is 9.50 Å². The molecule has 0 spiro atoms. The summed E-state index contributed by atoms with van der Waals surface area (Å²) < 4.78 is 14.1. The normalized spacial score (nSPS) is 18.3. The molecule has 0 saturated heterocycles. The largest absolute Gasteiger partial charge is 0.398 e. The zero-order valence-electron chi connectivity index (χ0n) is 15.8. The Morgan fingerprint density at radius 2 is 1.93 bits per heavy atom. The van der Waals surface area contributed by atoms with Gasteiger partial charge in [0.1, 0.15) is 5.83 Å². The zero-order valence-corrected chi connectivity index (χ0v) is 16.5. The Balaban J connectivity index is 0.00000176. The highest BCUT2D eigenvalue weighted by Crippen LogP contribution is 2.30. The van der Waals surface area contributed by atoms with Crippen LogP contribution < -0.4 is 11.5 Å². The third-order valence-electron chi connectivity index (χ3n) is 3.88. The third kappa shape index (κ3) is 6.47. The molecule has 0 aromatic heterocycles. The van der Waals surface area contributed by atoms with Gasteiger partial charge < -0.3 is 16.6 Å². The summed E-state index contributed by atoms with van der Waals surface area (Å²) in [5.74, 6) is -0.557. The smallest absolute Gasteiger partial charge is 0.138 e. The van der Waals surface area contributed by atoms with Crippen molar-refractivity contribution >= 4 is 23.9 Å². The number of rotatable bonds is 5. The first-order chi connectivity index (χ1) is 13.0. The third-order valence-corrected chi connectivity index (χ3v) is 4.25. The highest BCUT2D eigenvalue weighted by Gasteiger charge is 2.21. The van der Waals surface area contributed by atoms with Crippen molar-refractivity contribution in [2.75, 3.05) is 6.61 Å². The lowest BCUT2D eigenvalue weighted by Crippen LogP contribution is -2.24. The van der Waals surface area contributed by atoms with Crippen molar-refractivity contribution in [2.24, 2.45) is 16.5 Å². The van der Waals surface area contributed by atoms with Gasteiger partial charge in [-0.2, -0.15) is 0 Å². The van der Waals surface area contributed by atoms with Crippen molar-refractivity contribution in [3.63, 3.8) is 0 Å². The van der Waals surface area contributed by atoms with Crippen LogP contribution in [0, 0.1) is 0 Å². The molecule has 0 amide bonds. The molecule has 146 valence electrons. The van der Waals surface area contributed by atoms with Crippen LogP contribution in [0.25, 0.3) is 6.08 Å².